The van der Waals surface area contributed by atoms with Crippen molar-refractivity contribution in [3.05, 3.63) is 52.5 Å². The van der Waals surface area contributed by atoms with Crippen LogP contribution in [-0.4, -0.2) is 19.7 Å². The predicted octanol–water partition coefficient (Wildman–Crippen LogP) is 2.97. The molecular weight excluding hydrogens is 294 g/mol. The van der Waals surface area contributed by atoms with Crippen molar-refractivity contribution >= 4 is 22.9 Å². The first-order valence-electron chi connectivity index (χ1n) is 5.74. The third-order valence-electron chi connectivity index (χ3n) is 2.60. The third-order valence-corrected chi connectivity index (χ3v) is 3.80. The first kappa shape index (κ1) is 12.8. The minimum atomic E-state index is 0.165. The van der Waals surface area contributed by atoms with Gasteiger partial charge >= 0.3 is 0 Å². The average Bonchev–Trinajstić information content (AvgIpc) is 3.09. The number of halogens is 1. The van der Waals surface area contributed by atoms with Crippen molar-refractivity contribution in [2.24, 2.45) is 0 Å². The lowest BCUT2D eigenvalue weighted by molar-refractivity contribution is 0.672. The van der Waals surface area contributed by atoms with E-state index in [0.717, 1.165) is 16.3 Å². The molecule has 0 amide bonds. The van der Waals surface area contributed by atoms with Crippen molar-refractivity contribution < 1.29 is 0 Å². The molecule has 5 nitrogen and oxygen atoms in total. The van der Waals surface area contributed by atoms with E-state index in [1.165, 1.54) is 6.33 Å². The highest BCUT2D eigenvalue weighted by Crippen LogP contribution is 2.25. The molecular formula is C13H8ClN5S. The van der Waals surface area contributed by atoms with Gasteiger partial charge in [-0.05, 0) is 12.1 Å². The molecule has 20 heavy (non-hydrogen) atoms. The number of benzene rings is 1. The van der Waals surface area contributed by atoms with Crippen LogP contribution in [-0.2, 0) is 6.54 Å². The van der Waals surface area contributed by atoms with Crippen LogP contribution in [0.5, 0.6) is 0 Å². The lowest BCUT2D eigenvalue weighted by Gasteiger charge is -1.97. The third kappa shape index (κ3) is 2.69. The van der Waals surface area contributed by atoms with Gasteiger partial charge in [0, 0.05) is 16.0 Å². The number of hydrogen-bond acceptors (Lipinski definition) is 5. The molecule has 0 atom stereocenters. The van der Waals surface area contributed by atoms with E-state index < -0.39 is 0 Å². The zero-order valence-corrected chi connectivity index (χ0v) is 11.8. The van der Waals surface area contributed by atoms with Crippen molar-refractivity contribution in [3.63, 3.8) is 0 Å². The molecule has 3 aromatic rings. The van der Waals surface area contributed by atoms with Crippen LogP contribution in [0.3, 0.4) is 0 Å². The van der Waals surface area contributed by atoms with Crippen LogP contribution >= 0.6 is 22.9 Å². The fraction of sp³-hybridized carbons (Fsp3) is 0.0769. The smallest absolute Gasteiger partial charge is 0.246 e. The van der Waals surface area contributed by atoms with Gasteiger partial charge in [-0.2, -0.15) is 5.26 Å². The Morgan fingerprint density at radius 3 is 2.80 bits per heavy atom. The fourth-order valence-corrected chi connectivity index (χ4v) is 2.64. The molecule has 0 fully saturated rings. The molecule has 0 aliphatic carbocycles. The molecule has 1 aromatic carbocycles. The lowest BCUT2D eigenvalue weighted by Crippen LogP contribution is -2.00. The molecule has 0 spiro atoms. The molecule has 0 aliphatic heterocycles. The second-order valence-electron chi connectivity index (χ2n) is 4.03. The van der Waals surface area contributed by atoms with Gasteiger partial charge in [0.1, 0.15) is 17.4 Å². The Bertz CT molecular complexity index is 769. The second-order valence-corrected chi connectivity index (χ2v) is 5.32. The van der Waals surface area contributed by atoms with Gasteiger partial charge in [0.25, 0.3) is 5.82 Å². The molecule has 0 unspecified atom stereocenters. The minimum Gasteiger partial charge on any atom is -0.246 e. The maximum absolute atomic E-state index is 8.68. The quantitative estimate of drug-likeness (QED) is 0.746. The van der Waals surface area contributed by atoms with E-state index in [9.17, 15) is 0 Å². The van der Waals surface area contributed by atoms with Crippen molar-refractivity contribution in [2.45, 2.75) is 6.54 Å². The average molecular weight is 302 g/mol. The summed E-state index contributed by atoms with van der Waals surface area (Å²) in [5.41, 5.74) is 1.91. The van der Waals surface area contributed by atoms with Crippen molar-refractivity contribution in [1.82, 2.24) is 19.7 Å². The molecule has 0 radical (unpaired) electrons. The van der Waals surface area contributed by atoms with Crippen LogP contribution < -0.4 is 0 Å². The summed E-state index contributed by atoms with van der Waals surface area (Å²) < 4.78 is 1.60. The van der Waals surface area contributed by atoms with E-state index in [1.807, 2.05) is 35.7 Å². The Labute approximate surface area is 124 Å². The highest BCUT2D eigenvalue weighted by Gasteiger charge is 2.06. The second kappa shape index (κ2) is 5.41. The van der Waals surface area contributed by atoms with E-state index in [2.05, 4.69) is 15.1 Å². The van der Waals surface area contributed by atoms with Crippen LogP contribution in [0.25, 0.3) is 10.6 Å². The van der Waals surface area contributed by atoms with Crippen molar-refractivity contribution in [1.29, 1.82) is 5.26 Å². The van der Waals surface area contributed by atoms with E-state index in [0.29, 0.717) is 11.6 Å². The molecule has 2 heterocycles. The Morgan fingerprint density at radius 1 is 1.30 bits per heavy atom. The van der Waals surface area contributed by atoms with E-state index in [1.54, 1.807) is 16.0 Å². The van der Waals surface area contributed by atoms with Crippen molar-refractivity contribution in [2.75, 3.05) is 0 Å². The maximum Gasteiger partial charge on any atom is 0.252 e. The molecule has 0 saturated carbocycles. The van der Waals surface area contributed by atoms with Crippen LogP contribution in [0, 0.1) is 11.3 Å². The molecule has 0 aliphatic rings. The summed E-state index contributed by atoms with van der Waals surface area (Å²) >= 11 is 7.43. The Hall–Kier alpha value is -2.23. The topological polar surface area (TPSA) is 67.4 Å². The van der Waals surface area contributed by atoms with E-state index in [4.69, 9.17) is 16.9 Å². The Balaban J connectivity index is 1.80. The molecule has 0 saturated heterocycles. The number of nitriles is 1. The predicted molar refractivity (Wildman–Crippen MR) is 76.4 cm³/mol. The number of nitrogens with zero attached hydrogens (tertiary/aromatic N) is 5. The van der Waals surface area contributed by atoms with Gasteiger partial charge in [-0.25, -0.2) is 14.6 Å². The molecule has 0 N–H and O–H groups in total. The minimum absolute atomic E-state index is 0.165. The summed E-state index contributed by atoms with van der Waals surface area (Å²) in [5, 5.41) is 16.3. The van der Waals surface area contributed by atoms with E-state index >= 15 is 0 Å². The SMILES string of the molecule is N#Cc1ncn(Cc2csc(-c3ccc(Cl)cc3)n2)n1. The zero-order chi connectivity index (χ0) is 13.9. The summed E-state index contributed by atoms with van der Waals surface area (Å²) in [6, 6.07) is 9.46. The monoisotopic (exact) mass is 301 g/mol. The number of aromatic nitrogens is 4. The summed E-state index contributed by atoms with van der Waals surface area (Å²) in [6.07, 6.45) is 1.53. The van der Waals surface area contributed by atoms with Gasteiger partial charge in [0.05, 0.1) is 12.2 Å². The first-order chi connectivity index (χ1) is 9.74. The van der Waals surface area contributed by atoms with Gasteiger partial charge in [0.2, 0.25) is 0 Å². The van der Waals surface area contributed by atoms with Crippen LogP contribution in [0.15, 0.2) is 36.0 Å². The van der Waals surface area contributed by atoms with Crippen LogP contribution in [0.2, 0.25) is 5.02 Å². The van der Waals surface area contributed by atoms with Gasteiger partial charge < -0.3 is 0 Å². The normalized spacial score (nSPS) is 10.4. The highest BCUT2D eigenvalue weighted by atomic mass is 35.5. The summed E-state index contributed by atoms with van der Waals surface area (Å²) in [7, 11) is 0. The lowest BCUT2D eigenvalue weighted by atomic mass is 10.2. The maximum atomic E-state index is 8.68. The number of rotatable bonds is 3. The van der Waals surface area contributed by atoms with Gasteiger partial charge in [-0.3, -0.25) is 0 Å². The summed E-state index contributed by atoms with van der Waals surface area (Å²) in [5.74, 6) is 0.165. The number of thiazole rings is 1. The highest BCUT2D eigenvalue weighted by molar-refractivity contribution is 7.13. The molecule has 3 rings (SSSR count). The molecule has 7 heteroatoms. The Kier molecular flexibility index (Phi) is 3.46. The van der Waals surface area contributed by atoms with Gasteiger partial charge in [-0.15, -0.1) is 16.4 Å². The molecule has 0 bridgehead atoms. The summed E-state index contributed by atoms with van der Waals surface area (Å²) in [6.45, 7) is 0.499. The summed E-state index contributed by atoms with van der Waals surface area (Å²) in [4.78, 5) is 8.40. The largest absolute Gasteiger partial charge is 0.252 e. The molecule has 98 valence electrons. The van der Waals surface area contributed by atoms with Crippen molar-refractivity contribution in [3.8, 4) is 16.6 Å². The fourth-order valence-electron chi connectivity index (χ4n) is 1.69. The van der Waals surface area contributed by atoms with Gasteiger partial charge in [0.15, 0.2) is 0 Å². The zero-order valence-electron chi connectivity index (χ0n) is 10.2. The number of hydrogen-bond donors (Lipinski definition) is 0. The Morgan fingerprint density at radius 2 is 2.10 bits per heavy atom. The van der Waals surface area contributed by atoms with Crippen LogP contribution in [0.4, 0.5) is 0 Å². The first-order valence-corrected chi connectivity index (χ1v) is 7.00. The molecule has 2 aromatic heterocycles. The standard InChI is InChI=1S/C13H8ClN5S/c14-10-3-1-9(2-4-10)13-17-11(7-20-13)6-19-8-16-12(5-15)18-19/h1-4,7-8H,6H2. The van der Waals surface area contributed by atoms with Gasteiger partial charge in [-0.1, -0.05) is 23.7 Å². The van der Waals surface area contributed by atoms with Crippen LogP contribution in [0.1, 0.15) is 11.5 Å². The van der Waals surface area contributed by atoms with E-state index in [-0.39, 0.29) is 5.82 Å².